The summed E-state index contributed by atoms with van der Waals surface area (Å²) in [6.45, 7) is 2.83. The van der Waals surface area contributed by atoms with Crippen molar-refractivity contribution >= 4 is 23.4 Å². The van der Waals surface area contributed by atoms with Gasteiger partial charge >= 0.3 is 0 Å². The van der Waals surface area contributed by atoms with Gasteiger partial charge in [0.1, 0.15) is 11.8 Å². The lowest BCUT2D eigenvalue weighted by Crippen LogP contribution is -2.51. The fraction of sp³-hybridized carbons (Fsp3) is 0.286. The average Bonchev–Trinajstić information content (AvgIpc) is 2.86. The Bertz CT molecular complexity index is 1090. The van der Waals surface area contributed by atoms with Crippen molar-refractivity contribution in [3.8, 4) is 5.75 Å². The highest BCUT2D eigenvalue weighted by molar-refractivity contribution is 6.31. The maximum Gasteiger partial charge on any atom is 0.243 e. The first-order valence-corrected chi connectivity index (χ1v) is 11.9. The Morgan fingerprint density at radius 2 is 1.68 bits per heavy atom. The molecule has 0 bridgehead atoms. The van der Waals surface area contributed by atoms with Crippen LogP contribution in [0.25, 0.3) is 0 Å². The smallest absolute Gasteiger partial charge is 0.243 e. The minimum absolute atomic E-state index is 0.107. The quantitative estimate of drug-likeness (QED) is 0.419. The molecule has 1 N–H and O–H groups in total. The molecular weight excluding hydrogens is 448 g/mol. The Morgan fingerprint density at radius 3 is 2.38 bits per heavy atom. The lowest BCUT2D eigenvalue weighted by atomic mass is 10.0. The number of nitrogens with one attached hydrogen (secondary N) is 1. The summed E-state index contributed by atoms with van der Waals surface area (Å²) in [5.74, 6) is 0.371. The van der Waals surface area contributed by atoms with Crippen LogP contribution in [0.1, 0.15) is 30.0 Å². The van der Waals surface area contributed by atoms with Crippen LogP contribution in [0.5, 0.6) is 5.75 Å². The van der Waals surface area contributed by atoms with E-state index in [0.29, 0.717) is 23.7 Å². The van der Waals surface area contributed by atoms with Gasteiger partial charge in [0.05, 0.1) is 13.5 Å². The number of carbonyl (C=O) groups is 2. The van der Waals surface area contributed by atoms with Gasteiger partial charge in [-0.1, -0.05) is 79.2 Å². The summed E-state index contributed by atoms with van der Waals surface area (Å²) in [7, 11) is 1.61. The van der Waals surface area contributed by atoms with Crippen LogP contribution in [0.3, 0.4) is 0 Å². The first kappa shape index (κ1) is 25.3. The summed E-state index contributed by atoms with van der Waals surface area (Å²) in [5.41, 5.74) is 2.60. The summed E-state index contributed by atoms with van der Waals surface area (Å²) in [6.07, 6.45) is 1.33. The second-order valence-electron chi connectivity index (χ2n) is 8.14. The van der Waals surface area contributed by atoms with Crippen LogP contribution >= 0.6 is 11.6 Å². The molecule has 5 nitrogen and oxygen atoms in total. The molecule has 178 valence electrons. The Morgan fingerprint density at radius 1 is 0.971 bits per heavy atom. The van der Waals surface area contributed by atoms with E-state index in [-0.39, 0.29) is 24.8 Å². The Hall–Kier alpha value is -3.31. The van der Waals surface area contributed by atoms with Gasteiger partial charge in [0, 0.05) is 24.5 Å². The Kier molecular flexibility index (Phi) is 9.53. The molecule has 3 aromatic carbocycles. The van der Waals surface area contributed by atoms with Crippen LogP contribution < -0.4 is 10.1 Å². The number of ether oxygens (including phenoxy) is 1. The number of rotatable bonds is 11. The van der Waals surface area contributed by atoms with E-state index in [9.17, 15) is 9.59 Å². The molecule has 2 amide bonds. The van der Waals surface area contributed by atoms with Crippen LogP contribution in [0.2, 0.25) is 5.02 Å². The minimum atomic E-state index is -0.671. The largest absolute Gasteiger partial charge is 0.497 e. The van der Waals surface area contributed by atoms with Crippen molar-refractivity contribution in [3.63, 3.8) is 0 Å². The zero-order chi connectivity index (χ0) is 24.3. The number of halogens is 1. The van der Waals surface area contributed by atoms with Gasteiger partial charge in [0.15, 0.2) is 0 Å². The molecule has 0 saturated carbocycles. The molecule has 0 saturated heterocycles. The molecule has 3 rings (SSSR count). The van der Waals surface area contributed by atoms with E-state index in [2.05, 4.69) is 5.32 Å². The van der Waals surface area contributed by atoms with Crippen LogP contribution in [0, 0.1) is 0 Å². The van der Waals surface area contributed by atoms with E-state index in [1.807, 2.05) is 79.7 Å². The third kappa shape index (κ3) is 7.09. The highest BCUT2D eigenvalue weighted by Gasteiger charge is 2.30. The number of hydrogen-bond donors (Lipinski definition) is 1. The molecular formula is C28H31ClN2O3. The molecule has 0 spiro atoms. The van der Waals surface area contributed by atoms with Gasteiger partial charge in [-0.3, -0.25) is 9.59 Å². The summed E-state index contributed by atoms with van der Waals surface area (Å²) in [6, 6.07) is 24.0. The molecule has 1 unspecified atom stereocenters. The molecule has 0 radical (unpaired) electrons. The molecule has 0 fully saturated rings. The summed E-state index contributed by atoms with van der Waals surface area (Å²) < 4.78 is 5.36. The van der Waals surface area contributed by atoms with Crippen molar-refractivity contribution < 1.29 is 14.3 Å². The molecule has 1 atom stereocenters. The minimum Gasteiger partial charge on any atom is -0.497 e. The fourth-order valence-electron chi connectivity index (χ4n) is 3.79. The topological polar surface area (TPSA) is 58.6 Å². The Labute approximate surface area is 206 Å². The van der Waals surface area contributed by atoms with E-state index in [4.69, 9.17) is 16.3 Å². The molecule has 34 heavy (non-hydrogen) atoms. The number of nitrogens with zero attached hydrogens (tertiary/aromatic N) is 1. The van der Waals surface area contributed by atoms with E-state index in [1.165, 1.54) is 0 Å². The van der Waals surface area contributed by atoms with Crippen LogP contribution in [0.4, 0.5) is 0 Å². The first-order valence-electron chi connectivity index (χ1n) is 11.5. The number of hydrogen-bond acceptors (Lipinski definition) is 3. The molecule has 0 aromatic heterocycles. The zero-order valence-corrected chi connectivity index (χ0v) is 20.4. The standard InChI is InChI=1S/C28H31ClN2O3/c1-3-16-30-28(33)26(18-21-10-5-4-6-11-21)31(20-22-12-9-14-24(17-22)34-2)27(32)19-23-13-7-8-15-25(23)29/h4-15,17,26H,3,16,18-20H2,1-2H3,(H,30,33). The summed E-state index contributed by atoms with van der Waals surface area (Å²) >= 11 is 6.35. The third-order valence-corrected chi connectivity index (χ3v) is 5.98. The Balaban J connectivity index is 1.97. The van der Waals surface area contributed by atoms with Crippen LogP contribution in [-0.4, -0.2) is 36.4 Å². The van der Waals surface area contributed by atoms with Gasteiger partial charge in [0.2, 0.25) is 11.8 Å². The molecule has 0 heterocycles. The lowest BCUT2D eigenvalue weighted by molar-refractivity contribution is -0.140. The third-order valence-electron chi connectivity index (χ3n) is 5.61. The highest BCUT2D eigenvalue weighted by Crippen LogP contribution is 2.21. The highest BCUT2D eigenvalue weighted by atomic mass is 35.5. The van der Waals surface area contributed by atoms with E-state index in [0.717, 1.165) is 23.1 Å². The van der Waals surface area contributed by atoms with Crippen LogP contribution in [0.15, 0.2) is 78.9 Å². The van der Waals surface area contributed by atoms with Crippen LogP contribution in [-0.2, 0) is 29.0 Å². The number of carbonyl (C=O) groups excluding carboxylic acids is 2. The zero-order valence-electron chi connectivity index (χ0n) is 19.7. The van der Waals surface area contributed by atoms with Gasteiger partial charge in [-0.15, -0.1) is 0 Å². The predicted octanol–water partition coefficient (Wildman–Crippen LogP) is 5.06. The number of methoxy groups -OCH3 is 1. The van der Waals surface area contributed by atoms with Crippen molar-refractivity contribution in [2.45, 2.75) is 38.8 Å². The second-order valence-corrected chi connectivity index (χ2v) is 8.55. The number of amides is 2. The maximum absolute atomic E-state index is 13.7. The normalized spacial score (nSPS) is 11.5. The molecule has 0 aliphatic carbocycles. The van der Waals surface area contributed by atoms with Crippen molar-refractivity contribution in [3.05, 3.63) is 101 Å². The fourth-order valence-corrected chi connectivity index (χ4v) is 4.00. The molecule has 3 aromatic rings. The van der Waals surface area contributed by atoms with Crippen molar-refractivity contribution in [2.24, 2.45) is 0 Å². The summed E-state index contributed by atoms with van der Waals surface area (Å²) in [4.78, 5) is 28.7. The molecule has 0 aliphatic heterocycles. The van der Waals surface area contributed by atoms with E-state index >= 15 is 0 Å². The van der Waals surface area contributed by atoms with E-state index < -0.39 is 6.04 Å². The van der Waals surface area contributed by atoms with Gasteiger partial charge < -0.3 is 15.0 Å². The first-order chi connectivity index (χ1) is 16.5. The van der Waals surface area contributed by atoms with Gasteiger partial charge in [-0.05, 0) is 41.3 Å². The van der Waals surface area contributed by atoms with Crippen molar-refractivity contribution in [1.82, 2.24) is 10.2 Å². The van der Waals surface area contributed by atoms with Gasteiger partial charge in [-0.25, -0.2) is 0 Å². The maximum atomic E-state index is 13.7. The second kappa shape index (κ2) is 12.8. The van der Waals surface area contributed by atoms with Crippen molar-refractivity contribution in [1.29, 1.82) is 0 Å². The lowest BCUT2D eigenvalue weighted by Gasteiger charge is -2.32. The van der Waals surface area contributed by atoms with Crippen molar-refractivity contribution in [2.75, 3.05) is 13.7 Å². The van der Waals surface area contributed by atoms with Gasteiger partial charge in [-0.2, -0.15) is 0 Å². The molecule has 6 heteroatoms. The molecule has 0 aliphatic rings. The number of benzene rings is 3. The van der Waals surface area contributed by atoms with Gasteiger partial charge in [0.25, 0.3) is 0 Å². The van der Waals surface area contributed by atoms with E-state index in [1.54, 1.807) is 18.1 Å². The monoisotopic (exact) mass is 478 g/mol. The SMILES string of the molecule is CCCNC(=O)C(Cc1ccccc1)N(Cc1cccc(OC)c1)C(=O)Cc1ccccc1Cl. The summed E-state index contributed by atoms with van der Waals surface area (Å²) in [5, 5.41) is 3.52. The average molecular weight is 479 g/mol. The predicted molar refractivity (Wildman–Crippen MR) is 136 cm³/mol.